The second-order valence-corrected chi connectivity index (χ2v) is 5.61. The molecule has 0 aliphatic heterocycles. The number of hydrogen-bond donors (Lipinski definition) is 1. The zero-order valence-corrected chi connectivity index (χ0v) is 12.0. The molecule has 0 saturated heterocycles. The van der Waals surface area contributed by atoms with Gasteiger partial charge in [-0.25, -0.2) is 9.97 Å². The van der Waals surface area contributed by atoms with Crippen molar-refractivity contribution in [3.05, 3.63) is 17.6 Å². The lowest BCUT2D eigenvalue weighted by Crippen LogP contribution is -2.20. The van der Waals surface area contributed by atoms with Gasteiger partial charge in [-0.1, -0.05) is 27.7 Å². The molecular weight excluding hydrogens is 234 g/mol. The Morgan fingerprint density at radius 3 is 2.41 bits per heavy atom. The third-order valence-electron chi connectivity index (χ3n) is 2.59. The van der Waals surface area contributed by atoms with Crippen LogP contribution in [0.2, 0.25) is 0 Å². The van der Waals surface area contributed by atoms with Crippen LogP contribution in [0.3, 0.4) is 0 Å². The Morgan fingerprint density at radius 2 is 1.88 bits per heavy atom. The third kappa shape index (κ3) is 4.50. The van der Waals surface area contributed by atoms with E-state index in [4.69, 9.17) is 11.6 Å². The largest absolute Gasteiger partial charge is 0.368 e. The van der Waals surface area contributed by atoms with E-state index in [9.17, 15) is 0 Å². The summed E-state index contributed by atoms with van der Waals surface area (Å²) in [5.41, 5.74) is 0.988. The maximum Gasteiger partial charge on any atom is 0.133 e. The highest BCUT2D eigenvalue weighted by Crippen LogP contribution is 2.15. The van der Waals surface area contributed by atoms with Crippen LogP contribution in [0, 0.1) is 12.8 Å². The van der Waals surface area contributed by atoms with Crippen molar-refractivity contribution in [2.24, 2.45) is 5.92 Å². The quantitative estimate of drug-likeness (QED) is 0.818. The molecule has 1 rings (SSSR count). The van der Waals surface area contributed by atoms with Crippen LogP contribution in [0.15, 0.2) is 6.07 Å². The first-order valence-corrected chi connectivity index (χ1v) is 6.57. The van der Waals surface area contributed by atoms with E-state index >= 15 is 0 Å². The van der Waals surface area contributed by atoms with Gasteiger partial charge in [0.2, 0.25) is 0 Å². The minimum absolute atomic E-state index is 0.118. The van der Waals surface area contributed by atoms with Crippen molar-refractivity contribution in [1.29, 1.82) is 0 Å². The second kappa shape index (κ2) is 6.20. The molecule has 1 heterocycles. The van der Waals surface area contributed by atoms with Gasteiger partial charge in [-0.05, 0) is 12.8 Å². The van der Waals surface area contributed by atoms with Gasteiger partial charge in [0, 0.05) is 24.2 Å². The summed E-state index contributed by atoms with van der Waals surface area (Å²) in [6.07, 6.45) is 0. The molecule has 0 fully saturated rings. The van der Waals surface area contributed by atoms with E-state index in [2.05, 4.69) is 43.0 Å². The average Bonchev–Trinajstić information content (AvgIpc) is 2.24. The van der Waals surface area contributed by atoms with Crippen LogP contribution < -0.4 is 5.32 Å². The predicted octanol–water partition coefficient (Wildman–Crippen LogP) is 3.58. The molecule has 1 unspecified atom stereocenters. The van der Waals surface area contributed by atoms with Crippen LogP contribution in [0.5, 0.6) is 0 Å². The number of aromatic nitrogens is 2. The topological polar surface area (TPSA) is 37.8 Å². The number of alkyl halides is 1. The molecule has 3 nitrogen and oxygen atoms in total. The molecule has 0 aliphatic carbocycles. The summed E-state index contributed by atoms with van der Waals surface area (Å²) < 4.78 is 0. The summed E-state index contributed by atoms with van der Waals surface area (Å²) in [6.45, 7) is 11.1. The zero-order chi connectivity index (χ0) is 13.0. The van der Waals surface area contributed by atoms with E-state index in [0.717, 1.165) is 23.9 Å². The Kier molecular flexibility index (Phi) is 5.19. The van der Waals surface area contributed by atoms with Crippen molar-refractivity contribution in [1.82, 2.24) is 9.97 Å². The highest BCUT2D eigenvalue weighted by molar-refractivity contribution is 6.21. The highest BCUT2D eigenvalue weighted by atomic mass is 35.5. The van der Waals surface area contributed by atoms with E-state index in [1.807, 2.05) is 13.0 Å². The molecule has 0 aliphatic rings. The number of nitrogens with one attached hydrogen (secondary N) is 1. The molecule has 4 heteroatoms. The molecule has 0 saturated carbocycles. The third-order valence-corrected chi connectivity index (χ3v) is 3.25. The Hall–Kier alpha value is -0.830. The standard InChI is InChI=1S/C13H22ClN3/c1-8(2)11(14)7-15-12-6-10(5)16-13(17-12)9(3)4/h6,8-9,11H,7H2,1-5H3,(H,15,16,17). The summed E-state index contributed by atoms with van der Waals surface area (Å²) in [4.78, 5) is 8.89. The van der Waals surface area contributed by atoms with Crippen LogP contribution in [0.25, 0.3) is 0 Å². The van der Waals surface area contributed by atoms with Gasteiger partial charge in [-0.2, -0.15) is 0 Å². The average molecular weight is 256 g/mol. The van der Waals surface area contributed by atoms with Crippen LogP contribution >= 0.6 is 11.6 Å². The van der Waals surface area contributed by atoms with Gasteiger partial charge in [0.25, 0.3) is 0 Å². The number of aryl methyl sites for hydroxylation is 1. The number of hydrogen-bond acceptors (Lipinski definition) is 3. The van der Waals surface area contributed by atoms with Crippen LogP contribution in [0.4, 0.5) is 5.82 Å². The number of anilines is 1. The van der Waals surface area contributed by atoms with E-state index in [1.54, 1.807) is 0 Å². The fourth-order valence-electron chi connectivity index (χ4n) is 1.38. The van der Waals surface area contributed by atoms with E-state index < -0.39 is 0 Å². The minimum atomic E-state index is 0.118. The van der Waals surface area contributed by atoms with Gasteiger partial charge < -0.3 is 5.32 Å². The first kappa shape index (κ1) is 14.2. The van der Waals surface area contributed by atoms with Gasteiger partial charge in [-0.15, -0.1) is 11.6 Å². The monoisotopic (exact) mass is 255 g/mol. The molecule has 17 heavy (non-hydrogen) atoms. The van der Waals surface area contributed by atoms with E-state index in [1.165, 1.54) is 0 Å². The molecule has 96 valence electrons. The molecule has 0 spiro atoms. The zero-order valence-electron chi connectivity index (χ0n) is 11.3. The van der Waals surface area contributed by atoms with Gasteiger partial charge in [0.05, 0.1) is 5.38 Å². The Morgan fingerprint density at radius 1 is 1.24 bits per heavy atom. The molecule has 1 aromatic heterocycles. The van der Waals surface area contributed by atoms with Crippen molar-refractivity contribution in [3.8, 4) is 0 Å². The maximum absolute atomic E-state index is 6.20. The SMILES string of the molecule is Cc1cc(NCC(Cl)C(C)C)nc(C(C)C)n1. The molecule has 1 atom stereocenters. The molecule has 0 radical (unpaired) electrons. The van der Waals surface area contributed by atoms with Gasteiger partial charge in [-0.3, -0.25) is 0 Å². The molecule has 1 aromatic rings. The van der Waals surface area contributed by atoms with E-state index in [0.29, 0.717) is 11.8 Å². The normalized spacial score (nSPS) is 13.2. The smallest absolute Gasteiger partial charge is 0.133 e. The Bertz CT molecular complexity index is 364. The van der Waals surface area contributed by atoms with Crippen molar-refractivity contribution in [2.75, 3.05) is 11.9 Å². The lowest BCUT2D eigenvalue weighted by atomic mass is 10.1. The van der Waals surface area contributed by atoms with Crippen molar-refractivity contribution in [2.45, 2.75) is 45.9 Å². The van der Waals surface area contributed by atoms with Gasteiger partial charge in [0.1, 0.15) is 11.6 Å². The van der Waals surface area contributed by atoms with Crippen LogP contribution in [0.1, 0.15) is 45.1 Å². The van der Waals surface area contributed by atoms with Crippen molar-refractivity contribution < 1.29 is 0 Å². The summed E-state index contributed by atoms with van der Waals surface area (Å²) >= 11 is 6.20. The molecule has 0 bridgehead atoms. The summed E-state index contributed by atoms with van der Waals surface area (Å²) in [6, 6.07) is 1.95. The molecule has 0 aromatic carbocycles. The van der Waals surface area contributed by atoms with Crippen molar-refractivity contribution in [3.63, 3.8) is 0 Å². The predicted molar refractivity (Wildman–Crippen MR) is 73.8 cm³/mol. The van der Waals surface area contributed by atoms with Crippen LogP contribution in [-0.4, -0.2) is 21.9 Å². The fourth-order valence-corrected chi connectivity index (χ4v) is 1.46. The minimum Gasteiger partial charge on any atom is -0.368 e. The molecule has 1 N–H and O–H groups in total. The first-order chi connectivity index (χ1) is 7.90. The number of halogens is 1. The number of nitrogens with zero attached hydrogens (tertiary/aromatic N) is 2. The van der Waals surface area contributed by atoms with E-state index in [-0.39, 0.29) is 5.38 Å². The van der Waals surface area contributed by atoms with Gasteiger partial charge in [0.15, 0.2) is 0 Å². The van der Waals surface area contributed by atoms with Gasteiger partial charge >= 0.3 is 0 Å². The first-order valence-electron chi connectivity index (χ1n) is 6.13. The molecular formula is C13H22ClN3. The van der Waals surface area contributed by atoms with Crippen molar-refractivity contribution >= 4 is 17.4 Å². The molecule has 0 amide bonds. The summed E-state index contributed by atoms with van der Waals surface area (Å²) in [7, 11) is 0. The highest BCUT2D eigenvalue weighted by Gasteiger charge is 2.10. The Labute approximate surface area is 109 Å². The lowest BCUT2D eigenvalue weighted by Gasteiger charge is -2.15. The summed E-state index contributed by atoms with van der Waals surface area (Å²) in [5, 5.41) is 3.40. The number of rotatable bonds is 5. The second-order valence-electron chi connectivity index (χ2n) is 5.05. The lowest BCUT2D eigenvalue weighted by molar-refractivity contribution is 0.615. The maximum atomic E-state index is 6.20. The fraction of sp³-hybridized carbons (Fsp3) is 0.692. The Balaban J connectivity index is 2.71. The summed E-state index contributed by atoms with van der Waals surface area (Å²) in [5.74, 6) is 2.54. The van der Waals surface area contributed by atoms with Crippen LogP contribution in [-0.2, 0) is 0 Å².